The first kappa shape index (κ1) is 13.9. The Bertz CT molecular complexity index is 172. The molecule has 4 nitrogen and oxygen atoms in total. The highest BCUT2D eigenvalue weighted by Crippen LogP contribution is 2.31. The van der Waals surface area contributed by atoms with Gasteiger partial charge in [-0.25, -0.2) is 0 Å². The second kappa shape index (κ2) is 7.22. The van der Waals surface area contributed by atoms with Gasteiger partial charge in [0.15, 0.2) is 6.29 Å². The minimum absolute atomic E-state index is 0.0109. The molecule has 0 aliphatic heterocycles. The van der Waals surface area contributed by atoms with E-state index in [-0.39, 0.29) is 18.4 Å². The zero-order valence-corrected chi connectivity index (χ0v) is 10.5. The highest BCUT2D eigenvalue weighted by atomic mass is 16.7. The molecule has 1 fully saturated rings. The van der Waals surface area contributed by atoms with Crippen LogP contribution >= 0.6 is 0 Å². The highest BCUT2D eigenvalue weighted by molar-refractivity contribution is 4.95. The third-order valence-electron chi connectivity index (χ3n) is 3.20. The Morgan fingerprint density at radius 1 is 1.25 bits per heavy atom. The van der Waals surface area contributed by atoms with Crippen molar-refractivity contribution >= 4 is 0 Å². The first-order valence-electron chi connectivity index (χ1n) is 6.35. The van der Waals surface area contributed by atoms with Crippen LogP contribution in [0.1, 0.15) is 39.5 Å². The molecule has 0 spiro atoms. The first-order chi connectivity index (χ1) is 7.76. The summed E-state index contributed by atoms with van der Waals surface area (Å²) in [6, 6.07) is 0. The van der Waals surface area contributed by atoms with Gasteiger partial charge in [-0.3, -0.25) is 0 Å². The molecule has 0 atom stereocenters. The van der Waals surface area contributed by atoms with Gasteiger partial charge < -0.3 is 19.9 Å². The minimum Gasteiger partial charge on any atom is -0.394 e. The molecule has 0 aromatic heterocycles. The lowest BCUT2D eigenvalue weighted by molar-refractivity contribution is -0.139. The third-order valence-corrected chi connectivity index (χ3v) is 3.20. The molecule has 0 unspecified atom stereocenters. The number of aliphatic hydroxyl groups excluding tert-OH is 1. The summed E-state index contributed by atoms with van der Waals surface area (Å²) in [6.45, 7) is 6.37. The molecule has 1 aliphatic rings. The Kier molecular flexibility index (Phi) is 6.28. The van der Waals surface area contributed by atoms with Gasteiger partial charge in [0.05, 0.1) is 6.61 Å². The Morgan fingerprint density at radius 2 is 1.88 bits per heavy atom. The summed E-state index contributed by atoms with van der Waals surface area (Å²) in [5.74, 6) is 0. The van der Waals surface area contributed by atoms with Crippen molar-refractivity contribution in [2.24, 2.45) is 0 Å². The fourth-order valence-electron chi connectivity index (χ4n) is 2.04. The Hall–Kier alpha value is -0.160. The van der Waals surface area contributed by atoms with Gasteiger partial charge in [0.2, 0.25) is 0 Å². The maximum atomic E-state index is 9.28. The van der Waals surface area contributed by atoms with Crippen LogP contribution in [0, 0.1) is 0 Å². The van der Waals surface area contributed by atoms with Crippen molar-refractivity contribution in [3.8, 4) is 0 Å². The van der Waals surface area contributed by atoms with E-state index in [1.165, 1.54) is 6.42 Å². The molecule has 0 saturated heterocycles. The van der Waals surface area contributed by atoms with Gasteiger partial charge in [0.25, 0.3) is 0 Å². The molecule has 0 amide bonds. The zero-order valence-electron chi connectivity index (χ0n) is 10.5. The predicted octanol–water partition coefficient (Wildman–Crippen LogP) is 1.28. The van der Waals surface area contributed by atoms with Crippen molar-refractivity contribution in [1.29, 1.82) is 0 Å². The summed E-state index contributed by atoms with van der Waals surface area (Å²) in [6.07, 6.45) is 4.10. The maximum absolute atomic E-state index is 9.28. The summed E-state index contributed by atoms with van der Waals surface area (Å²) >= 11 is 0. The molecule has 0 aromatic rings. The summed E-state index contributed by atoms with van der Waals surface area (Å²) in [7, 11) is 0. The minimum atomic E-state index is -0.113. The summed E-state index contributed by atoms with van der Waals surface area (Å²) in [5.41, 5.74) is -0.0109. The number of hydrogen-bond acceptors (Lipinski definition) is 4. The Morgan fingerprint density at radius 3 is 2.25 bits per heavy atom. The van der Waals surface area contributed by atoms with Crippen LogP contribution < -0.4 is 5.32 Å². The Balaban J connectivity index is 2.16. The average Bonchev–Trinajstić information content (AvgIpc) is 2.22. The van der Waals surface area contributed by atoms with Crippen molar-refractivity contribution < 1.29 is 14.6 Å². The molecule has 2 N–H and O–H groups in total. The Labute approximate surface area is 98.3 Å². The summed E-state index contributed by atoms with van der Waals surface area (Å²) in [4.78, 5) is 0. The fourth-order valence-corrected chi connectivity index (χ4v) is 2.04. The topological polar surface area (TPSA) is 50.7 Å². The second-order valence-corrected chi connectivity index (χ2v) is 4.35. The van der Waals surface area contributed by atoms with Crippen LogP contribution in [0.4, 0.5) is 0 Å². The molecule has 0 radical (unpaired) electrons. The van der Waals surface area contributed by atoms with E-state index in [2.05, 4.69) is 5.32 Å². The van der Waals surface area contributed by atoms with Crippen molar-refractivity contribution in [1.82, 2.24) is 5.32 Å². The standard InChI is InChI=1S/C12H25NO3/c1-3-15-11(16-4-2)6-9-13-12(10-14)7-5-8-12/h11,13-14H,3-10H2,1-2H3. The van der Waals surface area contributed by atoms with Crippen molar-refractivity contribution in [3.63, 3.8) is 0 Å². The summed E-state index contributed by atoms with van der Waals surface area (Å²) < 4.78 is 10.9. The van der Waals surface area contributed by atoms with Crippen molar-refractivity contribution in [2.45, 2.75) is 51.4 Å². The van der Waals surface area contributed by atoms with E-state index in [0.717, 1.165) is 25.8 Å². The quantitative estimate of drug-likeness (QED) is 0.587. The lowest BCUT2D eigenvalue weighted by Crippen LogP contribution is -2.54. The van der Waals surface area contributed by atoms with Crippen molar-refractivity contribution in [2.75, 3.05) is 26.4 Å². The molecular formula is C12H25NO3. The van der Waals surface area contributed by atoms with E-state index in [1.807, 2.05) is 13.8 Å². The number of ether oxygens (including phenoxy) is 2. The third kappa shape index (κ3) is 4.01. The molecule has 1 aliphatic carbocycles. The molecule has 0 aromatic carbocycles. The molecular weight excluding hydrogens is 206 g/mol. The average molecular weight is 231 g/mol. The molecule has 1 saturated carbocycles. The predicted molar refractivity (Wildman–Crippen MR) is 63.3 cm³/mol. The van der Waals surface area contributed by atoms with Crippen LogP contribution in [0.5, 0.6) is 0 Å². The second-order valence-electron chi connectivity index (χ2n) is 4.35. The molecule has 16 heavy (non-hydrogen) atoms. The van der Waals surface area contributed by atoms with Crippen LogP contribution in [0.3, 0.4) is 0 Å². The van der Waals surface area contributed by atoms with Crippen molar-refractivity contribution in [3.05, 3.63) is 0 Å². The van der Waals surface area contributed by atoms with Gasteiger partial charge in [0, 0.05) is 31.7 Å². The molecule has 4 heteroatoms. The van der Waals surface area contributed by atoms with Gasteiger partial charge in [0.1, 0.15) is 0 Å². The van der Waals surface area contributed by atoms with Gasteiger partial charge in [-0.05, 0) is 33.1 Å². The van der Waals surface area contributed by atoms with E-state index in [0.29, 0.717) is 13.2 Å². The first-order valence-corrected chi connectivity index (χ1v) is 6.35. The van der Waals surface area contributed by atoms with Gasteiger partial charge >= 0.3 is 0 Å². The van der Waals surface area contributed by atoms with E-state index in [4.69, 9.17) is 9.47 Å². The molecule has 96 valence electrons. The van der Waals surface area contributed by atoms with E-state index < -0.39 is 0 Å². The summed E-state index contributed by atoms with van der Waals surface area (Å²) in [5, 5.41) is 12.7. The zero-order chi connectivity index (χ0) is 11.9. The fraction of sp³-hybridized carbons (Fsp3) is 1.00. The lowest BCUT2D eigenvalue weighted by Gasteiger charge is -2.41. The van der Waals surface area contributed by atoms with Crippen LogP contribution in [0.15, 0.2) is 0 Å². The van der Waals surface area contributed by atoms with E-state index in [1.54, 1.807) is 0 Å². The van der Waals surface area contributed by atoms with E-state index in [9.17, 15) is 5.11 Å². The van der Waals surface area contributed by atoms with Gasteiger partial charge in [-0.15, -0.1) is 0 Å². The molecule has 1 rings (SSSR count). The van der Waals surface area contributed by atoms with Crippen LogP contribution in [0.2, 0.25) is 0 Å². The number of nitrogens with one attached hydrogen (secondary N) is 1. The lowest BCUT2D eigenvalue weighted by atomic mass is 9.77. The normalized spacial score (nSPS) is 18.8. The highest BCUT2D eigenvalue weighted by Gasteiger charge is 2.35. The van der Waals surface area contributed by atoms with Crippen LogP contribution in [-0.4, -0.2) is 43.3 Å². The monoisotopic (exact) mass is 231 g/mol. The SMILES string of the molecule is CCOC(CCNC1(CO)CCC1)OCC. The molecule has 0 bridgehead atoms. The van der Waals surface area contributed by atoms with Crippen LogP contribution in [-0.2, 0) is 9.47 Å². The maximum Gasteiger partial charge on any atom is 0.158 e. The van der Waals surface area contributed by atoms with Gasteiger partial charge in [-0.1, -0.05) is 0 Å². The smallest absolute Gasteiger partial charge is 0.158 e. The number of aliphatic hydroxyl groups is 1. The van der Waals surface area contributed by atoms with E-state index >= 15 is 0 Å². The number of rotatable bonds is 9. The largest absolute Gasteiger partial charge is 0.394 e. The number of hydrogen-bond donors (Lipinski definition) is 2. The van der Waals surface area contributed by atoms with Crippen LogP contribution in [0.25, 0.3) is 0 Å². The van der Waals surface area contributed by atoms with Gasteiger partial charge in [-0.2, -0.15) is 0 Å². The molecule has 0 heterocycles.